The number of allylic oxidation sites excluding steroid dienone is 2. The monoisotopic (exact) mass is 478 g/mol. The number of hydrogen-bond donors (Lipinski definition) is 0. The Bertz CT molecular complexity index is 905. The lowest BCUT2D eigenvalue weighted by Crippen LogP contribution is -1.90. The van der Waals surface area contributed by atoms with Crippen LogP contribution in [-0.2, 0) is 0 Å². The fourth-order valence-corrected chi connectivity index (χ4v) is 3.16. The zero-order chi connectivity index (χ0) is 26.4. The van der Waals surface area contributed by atoms with Gasteiger partial charge in [0.15, 0.2) is 0 Å². The molecule has 0 saturated carbocycles. The van der Waals surface area contributed by atoms with E-state index < -0.39 is 0 Å². The molecule has 0 aromatic heterocycles. The van der Waals surface area contributed by atoms with E-state index in [9.17, 15) is 0 Å². The van der Waals surface area contributed by atoms with Crippen LogP contribution >= 0.6 is 0 Å². The molecule has 0 atom stereocenters. The van der Waals surface area contributed by atoms with E-state index in [-0.39, 0.29) is 0 Å². The minimum Gasteiger partial charge on any atom is -0.286 e. The molecule has 0 aliphatic carbocycles. The Morgan fingerprint density at radius 2 is 0.829 bits per heavy atom. The van der Waals surface area contributed by atoms with Crippen LogP contribution in [0.5, 0.6) is 0 Å². The second-order valence-corrected chi connectivity index (χ2v) is 9.16. The first-order valence-electron chi connectivity index (χ1n) is 12.0. The lowest BCUT2D eigenvalue weighted by Gasteiger charge is -1.80. The van der Waals surface area contributed by atoms with E-state index >= 15 is 0 Å². The van der Waals surface area contributed by atoms with Gasteiger partial charge in [0.25, 0.3) is 0 Å². The topological polar surface area (TPSA) is 98.9 Å². The Morgan fingerprint density at radius 1 is 0.457 bits per heavy atom. The standard InChI is InChI=1S/2C6H9N.3C5H8N2/c2*1-5-3-6(2)7-4-5;2*1-4-3-6-5(2)7-4;1-4-3-5(2)7-6-4/h2*3H,4H2,1-2H3;3*3H2,1-2H3. The SMILES string of the molecule is CC1=CC(C)=NC1.CC1=CC(C)=NC1.CC1=NC(C)=NC1.CC1=NC(C)=NC1.CC1=NN=C(C)C1. The van der Waals surface area contributed by atoms with E-state index in [0.29, 0.717) is 0 Å². The molecule has 190 valence electrons. The molecule has 0 radical (unpaired) electrons. The number of nitrogens with zero attached hydrogens (tertiary/aromatic N) is 8. The predicted molar refractivity (Wildman–Crippen MR) is 156 cm³/mol. The van der Waals surface area contributed by atoms with Crippen LogP contribution in [0.2, 0.25) is 0 Å². The van der Waals surface area contributed by atoms with Crippen LogP contribution < -0.4 is 0 Å². The van der Waals surface area contributed by atoms with Gasteiger partial charge in [0, 0.05) is 40.7 Å². The van der Waals surface area contributed by atoms with Crippen molar-refractivity contribution >= 4 is 45.9 Å². The van der Waals surface area contributed by atoms with E-state index in [4.69, 9.17) is 0 Å². The molecule has 0 unspecified atom stereocenters. The van der Waals surface area contributed by atoms with Crippen LogP contribution in [-0.4, -0.2) is 72.1 Å². The van der Waals surface area contributed by atoms with E-state index in [1.165, 1.54) is 11.1 Å². The quantitative estimate of drug-likeness (QED) is 0.420. The Labute approximate surface area is 211 Å². The number of aliphatic imine (C=N–C) groups is 6. The molecule has 0 spiro atoms. The van der Waals surface area contributed by atoms with Gasteiger partial charge in [-0.1, -0.05) is 11.1 Å². The van der Waals surface area contributed by atoms with Crippen LogP contribution in [0, 0.1) is 0 Å². The zero-order valence-electron chi connectivity index (χ0n) is 23.3. The summed E-state index contributed by atoms with van der Waals surface area (Å²) in [4.78, 5) is 24.5. The minimum absolute atomic E-state index is 0.811. The maximum absolute atomic E-state index is 4.14. The third kappa shape index (κ3) is 14.7. The van der Waals surface area contributed by atoms with Gasteiger partial charge in [0.2, 0.25) is 0 Å². The summed E-state index contributed by atoms with van der Waals surface area (Å²) in [5, 5.41) is 7.64. The van der Waals surface area contributed by atoms with Gasteiger partial charge in [-0.2, -0.15) is 10.2 Å². The third-order valence-corrected chi connectivity index (χ3v) is 4.75. The van der Waals surface area contributed by atoms with Crippen molar-refractivity contribution in [1.29, 1.82) is 0 Å². The summed E-state index contributed by atoms with van der Waals surface area (Å²) >= 11 is 0. The molecular weight excluding hydrogens is 436 g/mol. The van der Waals surface area contributed by atoms with E-state index in [2.05, 4.69) is 66.2 Å². The van der Waals surface area contributed by atoms with Gasteiger partial charge >= 0.3 is 0 Å². The lowest BCUT2D eigenvalue weighted by atomic mass is 10.2. The van der Waals surface area contributed by atoms with Gasteiger partial charge in [-0.3, -0.25) is 20.0 Å². The molecule has 5 heterocycles. The van der Waals surface area contributed by atoms with Crippen molar-refractivity contribution in [2.75, 3.05) is 26.2 Å². The summed E-state index contributed by atoms with van der Waals surface area (Å²) in [5.41, 5.74) is 9.56. The highest BCUT2D eigenvalue weighted by atomic mass is 15.2. The molecule has 0 bridgehead atoms. The number of rotatable bonds is 0. The van der Waals surface area contributed by atoms with Crippen LogP contribution in [0.3, 0.4) is 0 Å². The van der Waals surface area contributed by atoms with E-state index in [1.54, 1.807) is 0 Å². The summed E-state index contributed by atoms with van der Waals surface area (Å²) in [6.45, 7) is 23.5. The van der Waals surface area contributed by atoms with Gasteiger partial charge in [-0.25, -0.2) is 9.98 Å². The van der Waals surface area contributed by atoms with Crippen molar-refractivity contribution in [3.05, 3.63) is 23.3 Å². The van der Waals surface area contributed by atoms with Gasteiger partial charge in [-0.05, 0) is 81.4 Å². The maximum Gasteiger partial charge on any atom is 0.120 e. The van der Waals surface area contributed by atoms with Crippen LogP contribution in [0.4, 0.5) is 0 Å². The summed E-state index contributed by atoms with van der Waals surface area (Å²) in [6, 6.07) is 0. The second-order valence-electron chi connectivity index (χ2n) is 9.16. The van der Waals surface area contributed by atoms with Gasteiger partial charge in [-0.15, -0.1) is 0 Å². The molecule has 8 heteroatoms. The minimum atomic E-state index is 0.811. The fourth-order valence-electron chi connectivity index (χ4n) is 3.16. The van der Waals surface area contributed by atoms with Gasteiger partial charge < -0.3 is 0 Å². The first-order chi connectivity index (χ1) is 16.4. The third-order valence-electron chi connectivity index (χ3n) is 4.75. The average Bonchev–Trinajstić information content (AvgIpc) is 3.59. The smallest absolute Gasteiger partial charge is 0.120 e. The maximum atomic E-state index is 4.14. The molecule has 8 nitrogen and oxygen atoms in total. The molecule has 5 aliphatic heterocycles. The van der Waals surface area contributed by atoms with E-state index in [0.717, 1.165) is 78.5 Å². The molecule has 35 heavy (non-hydrogen) atoms. The second kappa shape index (κ2) is 15.7. The van der Waals surface area contributed by atoms with Crippen LogP contribution in [0.15, 0.2) is 63.5 Å². The summed E-state index contributed by atoms with van der Waals surface area (Å²) < 4.78 is 0. The normalized spacial score (nSPS) is 19.1. The summed E-state index contributed by atoms with van der Waals surface area (Å²) in [7, 11) is 0. The largest absolute Gasteiger partial charge is 0.286 e. The molecule has 0 fully saturated rings. The van der Waals surface area contributed by atoms with Crippen molar-refractivity contribution in [2.24, 2.45) is 40.2 Å². The number of hydrogen-bond acceptors (Lipinski definition) is 8. The van der Waals surface area contributed by atoms with Crippen molar-refractivity contribution < 1.29 is 0 Å². The molecule has 0 aromatic carbocycles. The lowest BCUT2D eigenvalue weighted by molar-refractivity contribution is 1.17. The highest BCUT2D eigenvalue weighted by molar-refractivity contribution is 6.05. The Morgan fingerprint density at radius 3 is 0.914 bits per heavy atom. The zero-order valence-corrected chi connectivity index (χ0v) is 23.3. The Hall–Kier alpha value is -3.16. The summed E-state index contributed by atoms with van der Waals surface area (Å²) in [5.74, 6) is 1.83. The van der Waals surface area contributed by atoms with Crippen molar-refractivity contribution in [1.82, 2.24) is 0 Å². The van der Waals surface area contributed by atoms with Gasteiger partial charge in [0.1, 0.15) is 11.7 Å². The average molecular weight is 479 g/mol. The highest BCUT2D eigenvalue weighted by Gasteiger charge is 2.00. The fraction of sp³-hybridized carbons (Fsp3) is 0.556. The predicted octanol–water partition coefficient (Wildman–Crippen LogP) is 5.80. The first-order valence-corrected chi connectivity index (χ1v) is 12.0. The molecule has 0 N–H and O–H groups in total. The van der Waals surface area contributed by atoms with Crippen molar-refractivity contribution in [3.8, 4) is 0 Å². The first kappa shape index (κ1) is 29.9. The van der Waals surface area contributed by atoms with Crippen molar-refractivity contribution in [3.63, 3.8) is 0 Å². The van der Waals surface area contributed by atoms with Crippen LogP contribution in [0.1, 0.15) is 75.7 Å². The Balaban J connectivity index is 0.000000219. The van der Waals surface area contributed by atoms with Crippen molar-refractivity contribution in [2.45, 2.75) is 75.7 Å². The molecule has 0 saturated heterocycles. The highest BCUT2D eigenvalue weighted by Crippen LogP contribution is 2.02. The molecule has 0 aromatic rings. The van der Waals surface area contributed by atoms with Crippen LogP contribution in [0.25, 0.3) is 0 Å². The molecule has 5 rings (SSSR count). The molecular formula is C27H42N8. The molecule has 5 aliphatic rings. The molecule has 0 amide bonds. The summed E-state index contributed by atoms with van der Waals surface area (Å²) in [6.07, 6.45) is 5.19. The number of amidine groups is 2. The van der Waals surface area contributed by atoms with E-state index in [1.807, 2.05) is 55.4 Å². The Kier molecular flexibility index (Phi) is 13.4. The van der Waals surface area contributed by atoms with Gasteiger partial charge in [0.05, 0.1) is 26.2 Å².